The molecule has 1 N–H and O–H groups in total. The highest BCUT2D eigenvalue weighted by Crippen LogP contribution is 2.22. The maximum absolute atomic E-state index is 5.36. The molecule has 0 atom stereocenters. The third kappa shape index (κ3) is 6.15. The molecule has 7 nitrogen and oxygen atoms in total. The van der Waals surface area contributed by atoms with Crippen molar-refractivity contribution in [3.8, 4) is 5.75 Å². The zero-order valence-corrected chi connectivity index (χ0v) is 21.0. The van der Waals surface area contributed by atoms with Gasteiger partial charge in [-0.05, 0) is 29.3 Å². The van der Waals surface area contributed by atoms with E-state index in [1.807, 2.05) is 42.3 Å². The van der Waals surface area contributed by atoms with Crippen molar-refractivity contribution in [2.24, 2.45) is 4.99 Å². The SMILES string of the molecule is CN=C(NCc1cccc(Cn2cccn2)c1)N1CCN(c2cccc(OC)c2)CC1.I. The number of nitrogens with zero attached hydrogens (tertiary/aromatic N) is 5. The molecule has 8 heteroatoms. The minimum Gasteiger partial charge on any atom is -0.497 e. The largest absolute Gasteiger partial charge is 0.497 e. The van der Waals surface area contributed by atoms with Gasteiger partial charge in [0.1, 0.15) is 5.75 Å². The Kier molecular flexibility index (Phi) is 8.78. The number of rotatable bonds is 6. The van der Waals surface area contributed by atoms with Gasteiger partial charge < -0.3 is 19.9 Å². The number of aromatic nitrogens is 2. The molecule has 1 fully saturated rings. The fourth-order valence-corrected chi connectivity index (χ4v) is 3.92. The van der Waals surface area contributed by atoms with Gasteiger partial charge in [0.25, 0.3) is 0 Å². The average molecular weight is 546 g/mol. The fourth-order valence-electron chi connectivity index (χ4n) is 3.92. The highest BCUT2D eigenvalue weighted by atomic mass is 127. The molecule has 0 unspecified atom stereocenters. The van der Waals surface area contributed by atoms with Crippen LogP contribution in [-0.2, 0) is 13.1 Å². The second-order valence-electron chi connectivity index (χ2n) is 7.60. The van der Waals surface area contributed by atoms with Gasteiger partial charge in [0.05, 0.1) is 13.7 Å². The quantitative estimate of drug-likeness (QED) is 0.292. The number of nitrogens with one attached hydrogen (secondary N) is 1. The van der Waals surface area contributed by atoms with Crippen LogP contribution in [0.2, 0.25) is 0 Å². The van der Waals surface area contributed by atoms with Gasteiger partial charge in [-0.3, -0.25) is 9.67 Å². The molecule has 1 aliphatic heterocycles. The number of hydrogen-bond donors (Lipinski definition) is 1. The number of benzene rings is 2. The summed E-state index contributed by atoms with van der Waals surface area (Å²) in [7, 11) is 3.56. The number of halogens is 1. The topological polar surface area (TPSA) is 57.9 Å². The number of piperazine rings is 1. The zero-order valence-electron chi connectivity index (χ0n) is 18.6. The first-order valence-corrected chi connectivity index (χ1v) is 10.6. The molecule has 0 radical (unpaired) electrons. The zero-order chi connectivity index (χ0) is 21.5. The van der Waals surface area contributed by atoms with Crippen LogP contribution in [0.25, 0.3) is 0 Å². The van der Waals surface area contributed by atoms with Crippen molar-refractivity contribution >= 4 is 35.6 Å². The molecule has 1 saturated heterocycles. The number of guanidine groups is 1. The number of anilines is 1. The average Bonchev–Trinajstić information content (AvgIpc) is 3.33. The molecule has 0 saturated carbocycles. The first kappa shape index (κ1) is 23.9. The van der Waals surface area contributed by atoms with Gasteiger partial charge in [0.2, 0.25) is 0 Å². The molecule has 0 bridgehead atoms. The van der Waals surface area contributed by atoms with Crippen LogP contribution in [0.1, 0.15) is 11.1 Å². The van der Waals surface area contributed by atoms with Crippen molar-refractivity contribution in [2.45, 2.75) is 13.1 Å². The van der Waals surface area contributed by atoms with Crippen molar-refractivity contribution in [3.63, 3.8) is 0 Å². The van der Waals surface area contributed by atoms with E-state index in [0.29, 0.717) is 0 Å². The molecule has 1 aliphatic rings. The predicted molar refractivity (Wildman–Crippen MR) is 140 cm³/mol. The molecule has 2 heterocycles. The molecular formula is C24H31IN6O. The molecule has 0 aliphatic carbocycles. The molecule has 2 aromatic carbocycles. The number of aliphatic imine (C=N–C) groups is 1. The smallest absolute Gasteiger partial charge is 0.194 e. The second-order valence-corrected chi connectivity index (χ2v) is 7.60. The highest BCUT2D eigenvalue weighted by Gasteiger charge is 2.20. The van der Waals surface area contributed by atoms with E-state index >= 15 is 0 Å². The maximum atomic E-state index is 5.36. The van der Waals surface area contributed by atoms with E-state index in [4.69, 9.17) is 4.74 Å². The first-order valence-electron chi connectivity index (χ1n) is 10.6. The summed E-state index contributed by atoms with van der Waals surface area (Å²) in [6.45, 7) is 5.28. The summed E-state index contributed by atoms with van der Waals surface area (Å²) in [4.78, 5) is 9.23. The Morgan fingerprint density at radius 3 is 2.53 bits per heavy atom. The molecule has 3 aromatic rings. The fraction of sp³-hybridized carbons (Fsp3) is 0.333. The van der Waals surface area contributed by atoms with Crippen LogP contribution in [-0.4, -0.2) is 61.0 Å². The summed E-state index contributed by atoms with van der Waals surface area (Å²) in [5.74, 6) is 1.84. The first-order chi connectivity index (χ1) is 15.2. The molecule has 0 amide bonds. The predicted octanol–water partition coefficient (Wildman–Crippen LogP) is 3.46. The van der Waals surface area contributed by atoms with E-state index in [-0.39, 0.29) is 24.0 Å². The second kappa shape index (κ2) is 11.8. The summed E-state index contributed by atoms with van der Waals surface area (Å²) in [5.41, 5.74) is 3.68. The minimum absolute atomic E-state index is 0. The van der Waals surface area contributed by atoms with Gasteiger partial charge in [-0.1, -0.05) is 30.3 Å². The Balaban J connectivity index is 0.00000289. The van der Waals surface area contributed by atoms with E-state index in [1.54, 1.807) is 7.11 Å². The van der Waals surface area contributed by atoms with E-state index in [9.17, 15) is 0 Å². The Morgan fingerprint density at radius 2 is 1.81 bits per heavy atom. The van der Waals surface area contributed by atoms with Gasteiger partial charge in [-0.2, -0.15) is 5.10 Å². The van der Waals surface area contributed by atoms with Crippen molar-refractivity contribution < 1.29 is 4.74 Å². The van der Waals surface area contributed by atoms with Crippen molar-refractivity contribution in [1.29, 1.82) is 0 Å². The Labute approximate surface area is 207 Å². The maximum Gasteiger partial charge on any atom is 0.194 e. The van der Waals surface area contributed by atoms with Gasteiger partial charge in [-0.25, -0.2) is 0 Å². The molecule has 170 valence electrons. The van der Waals surface area contributed by atoms with Gasteiger partial charge in [-0.15, -0.1) is 24.0 Å². The Hall–Kier alpha value is -2.75. The van der Waals surface area contributed by atoms with Crippen LogP contribution in [0.4, 0.5) is 5.69 Å². The number of methoxy groups -OCH3 is 1. The van der Waals surface area contributed by atoms with Gasteiger partial charge in [0, 0.05) is 63.9 Å². The van der Waals surface area contributed by atoms with Gasteiger partial charge >= 0.3 is 0 Å². The third-order valence-corrected chi connectivity index (χ3v) is 5.56. The lowest BCUT2D eigenvalue weighted by atomic mass is 10.1. The minimum atomic E-state index is 0. The summed E-state index contributed by atoms with van der Waals surface area (Å²) in [5, 5.41) is 7.82. The third-order valence-electron chi connectivity index (χ3n) is 5.56. The van der Waals surface area contributed by atoms with Crippen molar-refractivity contribution in [1.82, 2.24) is 20.0 Å². The van der Waals surface area contributed by atoms with E-state index in [2.05, 4.69) is 61.6 Å². The van der Waals surface area contributed by atoms with Crippen LogP contribution < -0.4 is 15.0 Å². The molecule has 1 aromatic heterocycles. The van der Waals surface area contributed by atoms with Crippen LogP contribution >= 0.6 is 24.0 Å². The number of hydrogen-bond acceptors (Lipinski definition) is 4. The van der Waals surface area contributed by atoms with Crippen LogP contribution in [0.5, 0.6) is 5.75 Å². The summed E-state index contributed by atoms with van der Waals surface area (Å²) < 4.78 is 7.30. The molecular weight excluding hydrogens is 515 g/mol. The van der Waals surface area contributed by atoms with Crippen molar-refractivity contribution in [2.75, 3.05) is 45.2 Å². The molecule has 4 rings (SSSR count). The standard InChI is InChI=1S/C24H30N6O.HI/c1-25-24(26-18-20-6-3-7-21(16-20)19-30-11-5-10-27-30)29-14-12-28(13-15-29)22-8-4-9-23(17-22)31-2;/h3-11,16-17H,12-15,18-19H2,1-2H3,(H,25,26);1H. The molecule has 32 heavy (non-hydrogen) atoms. The number of ether oxygens (including phenoxy) is 1. The summed E-state index contributed by atoms with van der Waals surface area (Å²) in [6, 6.07) is 18.8. The lowest BCUT2D eigenvalue weighted by Gasteiger charge is -2.37. The lowest BCUT2D eigenvalue weighted by Crippen LogP contribution is -2.52. The van der Waals surface area contributed by atoms with E-state index in [1.165, 1.54) is 16.8 Å². The van der Waals surface area contributed by atoms with Crippen molar-refractivity contribution in [3.05, 3.63) is 78.1 Å². The Bertz CT molecular complexity index is 999. The summed E-state index contributed by atoms with van der Waals surface area (Å²) in [6.07, 6.45) is 3.79. The Morgan fingerprint density at radius 1 is 1.03 bits per heavy atom. The van der Waals surface area contributed by atoms with E-state index in [0.717, 1.165) is 51.0 Å². The normalized spacial score (nSPS) is 14.1. The summed E-state index contributed by atoms with van der Waals surface area (Å²) >= 11 is 0. The highest BCUT2D eigenvalue weighted by molar-refractivity contribution is 14.0. The molecule has 0 spiro atoms. The van der Waals surface area contributed by atoms with Crippen LogP contribution in [0.15, 0.2) is 72.0 Å². The van der Waals surface area contributed by atoms with E-state index < -0.39 is 0 Å². The van der Waals surface area contributed by atoms with Gasteiger partial charge in [0.15, 0.2) is 5.96 Å². The lowest BCUT2D eigenvalue weighted by molar-refractivity contribution is 0.372. The van der Waals surface area contributed by atoms with Crippen LogP contribution in [0.3, 0.4) is 0 Å². The van der Waals surface area contributed by atoms with Crippen LogP contribution in [0, 0.1) is 0 Å². The monoisotopic (exact) mass is 546 g/mol.